The second kappa shape index (κ2) is 6.16. The average molecular weight is 339 g/mol. The summed E-state index contributed by atoms with van der Waals surface area (Å²) < 4.78 is 6.87. The van der Waals surface area contributed by atoms with Crippen LogP contribution < -0.4 is 16.4 Å². The smallest absolute Gasteiger partial charge is 0.226 e. The number of carbonyl (C=O) groups is 1. The van der Waals surface area contributed by atoms with Gasteiger partial charge in [-0.05, 0) is 0 Å². The van der Waals surface area contributed by atoms with Crippen LogP contribution in [0.3, 0.4) is 0 Å². The normalized spacial score (nSPS) is 28.0. The second-order valence-electron chi connectivity index (χ2n) is 5.21. The number of aliphatic hydroxyl groups is 3. The van der Waals surface area contributed by atoms with E-state index in [1.807, 2.05) is 0 Å². The number of aliphatic hydroxyl groups excluding tert-OH is 3. The van der Waals surface area contributed by atoms with Gasteiger partial charge in [-0.2, -0.15) is 9.97 Å². The molecular weight excluding hydrogens is 322 g/mol. The van der Waals surface area contributed by atoms with Gasteiger partial charge < -0.3 is 36.4 Å². The molecule has 2 aromatic rings. The van der Waals surface area contributed by atoms with Crippen LogP contribution in [0.4, 0.5) is 11.8 Å². The van der Waals surface area contributed by atoms with Gasteiger partial charge in [0.2, 0.25) is 12.4 Å². The van der Waals surface area contributed by atoms with Crippen LogP contribution in [0.25, 0.3) is 11.2 Å². The molecule has 3 heterocycles. The molecule has 0 spiro atoms. The Morgan fingerprint density at radius 1 is 1.42 bits per heavy atom. The molecule has 7 N–H and O–H groups in total. The summed E-state index contributed by atoms with van der Waals surface area (Å²) >= 11 is 0. The van der Waals surface area contributed by atoms with Gasteiger partial charge in [-0.25, -0.2) is 4.98 Å². The van der Waals surface area contributed by atoms with E-state index < -0.39 is 30.8 Å². The average Bonchev–Trinajstić information content (AvgIpc) is 3.10. The fraction of sp³-hybridized carbons (Fsp3) is 0.500. The summed E-state index contributed by atoms with van der Waals surface area (Å²) in [6, 6.07) is 0. The van der Waals surface area contributed by atoms with Crippen LogP contribution in [0.5, 0.6) is 0 Å². The molecule has 24 heavy (non-hydrogen) atoms. The quantitative estimate of drug-likeness (QED) is 0.245. The predicted octanol–water partition coefficient (Wildman–Crippen LogP) is -2.87. The molecule has 1 saturated heterocycles. The van der Waals surface area contributed by atoms with Gasteiger partial charge in [0.05, 0.1) is 6.33 Å². The number of rotatable bonds is 5. The standard InChI is InChI=1S/C12H17N7O5/c1-14-12-17-8(13)4-9(18-12)19(2-15-4)11-6(22)5(21)7(24-11)10(23)16-3-20/h2-3,5-7,10-11,21-23H,1H3,(H,16,20)(H3,13,14,17,18)/t5-,6+,7-,10?,11?/m0/s1. The fourth-order valence-corrected chi connectivity index (χ4v) is 2.58. The minimum absolute atomic E-state index is 0.135. The van der Waals surface area contributed by atoms with Gasteiger partial charge in [0, 0.05) is 7.05 Å². The van der Waals surface area contributed by atoms with Gasteiger partial charge in [0.25, 0.3) is 0 Å². The number of nitrogens with zero attached hydrogens (tertiary/aromatic N) is 4. The summed E-state index contributed by atoms with van der Waals surface area (Å²) in [6.45, 7) is 0. The maximum Gasteiger partial charge on any atom is 0.226 e. The van der Waals surface area contributed by atoms with Crippen molar-refractivity contribution in [1.29, 1.82) is 0 Å². The number of imidazole rings is 1. The summed E-state index contributed by atoms with van der Waals surface area (Å²) in [7, 11) is 1.61. The van der Waals surface area contributed by atoms with E-state index >= 15 is 0 Å². The van der Waals surface area contributed by atoms with Crippen molar-refractivity contribution in [3.8, 4) is 0 Å². The molecule has 2 unspecified atom stereocenters. The first kappa shape index (κ1) is 16.3. The van der Waals surface area contributed by atoms with Gasteiger partial charge in [-0.3, -0.25) is 9.36 Å². The van der Waals surface area contributed by atoms with Crippen molar-refractivity contribution >= 4 is 29.3 Å². The number of anilines is 2. The first-order valence-electron chi connectivity index (χ1n) is 7.05. The van der Waals surface area contributed by atoms with Crippen molar-refractivity contribution < 1.29 is 24.9 Å². The highest BCUT2D eigenvalue weighted by Gasteiger charge is 2.47. The van der Waals surface area contributed by atoms with E-state index in [9.17, 15) is 20.1 Å². The van der Waals surface area contributed by atoms with Crippen molar-refractivity contribution in [2.24, 2.45) is 0 Å². The van der Waals surface area contributed by atoms with Crippen molar-refractivity contribution in [2.75, 3.05) is 18.1 Å². The molecule has 12 nitrogen and oxygen atoms in total. The monoisotopic (exact) mass is 339 g/mol. The molecule has 0 aromatic carbocycles. The van der Waals surface area contributed by atoms with Crippen molar-refractivity contribution in [2.45, 2.75) is 30.8 Å². The summed E-state index contributed by atoms with van der Waals surface area (Å²) in [5.41, 5.74) is 6.39. The molecule has 0 saturated carbocycles. The first-order chi connectivity index (χ1) is 11.5. The summed E-state index contributed by atoms with van der Waals surface area (Å²) in [5.74, 6) is 0.379. The Morgan fingerprint density at radius 2 is 2.17 bits per heavy atom. The van der Waals surface area contributed by atoms with E-state index in [0.717, 1.165) is 0 Å². The minimum atomic E-state index is -1.49. The number of fused-ring (bicyclic) bond motifs is 1. The minimum Gasteiger partial charge on any atom is -0.387 e. The van der Waals surface area contributed by atoms with Crippen molar-refractivity contribution in [3.05, 3.63) is 6.33 Å². The zero-order valence-electron chi connectivity index (χ0n) is 12.6. The zero-order valence-corrected chi connectivity index (χ0v) is 12.6. The molecule has 0 aliphatic carbocycles. The number of nitrogens with one attached hydrogen (secondary N) is 2. The van der Waals surface area contributed by atoms with E-state index in [4.69, 9.17) is 10.5 Å². The lowest BCUT2D eigenvalue weighted by Crippen LogP contribution is -2.46. The molecule has 130 valence electrons. The summed E-state index contributed by atoms with van der Waals surface area (Å²) in [6.07, 6.45) is -5.02. The molecule has 3 rings (SSSR count). The summed E-state index contributed by atoms with van der Waals surface area (Å²) in [4.78, 5) is 22.7. The molecule has 0 radical (unpaired) electrons. The lowest BCUT2D eigenvalue weighted by atomic mass is 10.1. The van der Waals surface area contributed by atoms with Crippen molar-refractivity contribution in [3.63, 3.8) is 0 Å². The third-order valence-corrected chi connectivity index (χ3v) is 3.77. The predicted molar refractivity (Wildman–Crippen MR) is 80.4 cm³/mol. The Bertz CT molecular complexity index is 753. The fourth-order valence-electron chi connectivity index (χ4n) is 2.58. The number of nitrogen functional groups attached to an aromatic ring is 1. The highest BCUT2D eigenvalue weighted by Crippen LogP contribution is 2.33. The highest BCUT2D eigenvalue weighted by molar-refractivity contribution is 5.82. The van der Waals surface area contributed by atoms with Gasteiger partial charge >= 0.3 is 0 Å². The molecule has 1 aliphatic rings. The zero-order chi connectivity index (χ0) is 17.4. The van der Waals surface area contributed by atoms with Crippen molar-refractivity contribution in [1.82, 2.24) is 24.8 Å². The third-order valence-electron chi connectivity index (χ3n) is 3.77. The number of amides is 1. The molecule has 1 aliphatic heterocycles. The topological polar surface area (TPSA) is 181 Å². The SMILES string of the molecule is CNc1nc(N)c2ncn(C3O[C@H](C(O)NC=O)[C@@H](O)[C@H]3O)c2n1. The van der Waals surface area contributed by atoms with Gasteiger partial charge in [-0.15, -0.1) is 0 Å². The molecule has 0 bridgehead atoms. The Hall–Kier alpha value is -2.54. The lowest BCUT2D eigenvalue weighted by molar-refractivity contribution is -0.122. The largest absolute Gasteiger partial charge is 0.387 e. The maximum atomic E-state index is 10.4. The molecular formula is C12H17N7O5. The van der Waals surface area contributed by atoms with Gasteiger partial charge in [0.1, 0.15) is 23.8 Å². The molecule has 5 atom stereocenters. The number of hydrogen-bond donors (Lipinski definition) is 6. The highest BCUT2D eigenvalue weighted by atomic mass is 16.6. The molecule has 2 aromatic heterocycles. The first-order valence-corrected chi connectivity index (χ1v) is 7.05. The van der Waals surface area contributed by atoms with Gasteiger partial charge in [-0.1, -0.05) is 0 Å². The Balaban J connectivity index is 1.98. The van der Waals surface area contributed by atoms with Crippen LogP contribution in [0.15, 0.2) is 6.33 Å². The van der Waals surface area contributed by atoms with E-state index in [1.54, 1.807) is 7.05 Å². The van der Waals surface area contributed by atoms with E-state index in [2.05, 4.69) is 25.6 Å². The van der Waals surface area contributed by atoms with Crippen LogP contribution in [0.2, 0.25) is 0 Å². The van der Waals surface area contributed by atoms with Crippen LogP contribution in [0, 0.1) is 0 Å². The van der Waals surface area contributed by atoms with Gasteiger partial charge in [0.15, 0.2) is 23.9 Å². The Labute approximate surface area is 135 Å². The Morgan fingerprint density at radius 3 is 2.83 bits per heavy atom. The number of aromatic nitrogens is 4. The van der Waals surface area contributed by atoms with E-state index in [0.29, 0.717) is 5.52 Å². The van der Waals surface area contributed by atoms with E-state index in [1.165, 1.54) is 10.9 Å². The van der Waals surface area contributed by atoms with Crippen LogP contribution in [0.1, 0.15) is 6.23 Å². The third kappa shape index (κ3) is 2.50. The molecule has 12 heteroatoms. The molecule has 1 fully saturated rings. The second-order valence-corrected chi connectivity index (χ2v) is 5.21. The lowest BCUT2D eigenvalue weighted by Gasteiger charge is -2.20. The number of nitrogens with two attached hydrogens (primary N) is 1. The van der Waals surface area contributed by atoms with Crippen LogP contribution >= 0.6 is 0 Å². The van der Waals surface area contributed by atoms with E-state index in [-0.39, 0.29) is 23.8 Å². The summed E-state index contributed by atoms with van der Waals surface area (Å²) in [5, 5.41) is 34.9. The number of hydrogen-bond acceptors (Lipinski definition) is 10. The Kier molecular flexibility index (Phi) is 4.19. The van der Waals surface area contributed by atoms with Crippen LogP contribution in [-0.4, -0.2) is 72.8 Å². The maximum absolute atomic E-state index is 10.4. The van der Waals surface area contributed by atoms with Crippen LogP contribution in [-0.2, 0) is 9.53 Å². The molecule has 1 amide bonds. The number of carbonyl (C=O) groups excluding carboxylic acids is 1. The number of ether oxygens (including phenoxy) is 1.